The number of hydrogen-bond donors (Lipinski definition) is 1. The molecule has 0 fully saturated rings. The minimum Gasteiger partial charge on any atom is -0.485 e. The van der Waals surface area contributed by atoms with Crippen molar-refractivity contribution >= 4 is 22.8 Å². The number of rotatable bonds is 14. The largest absolute Gasteiger partial charge is 0.485 e. The molecule has 1 aromatic heterocycles. The molecule has 4 aromatic rings. The van der Waals surface area contributed by atoms with Crippen molar-refractivity contribution in [2.75, 3.05) is 13.2 Å². The second-order valence-electron chi connectivity index (χ2n) is 9.79. The summed E-state index contributed by atoms with van der Waals surface area (Å²) in [5, 5.41) is 2.26. The first-order valence-corrected chi connectivity index (χ1v) is 13.3. The van der Waals surface area contributed by atoms with Gasteiger partial charge < -0.3 is 19.5 Å². The van der Waals surface area contributed by atoms with E-state index in [9.17, 15) is 44.7 Å². The summed E-state index contributed by atoms with van der Waals surface area (Å²) in [6.45, 7) is -4.74. The second kappa shape index (κ2) is 13.7. The summed E-state index contributed by atoms with van der Waals surface area (Å²) in [5.41, 5.74) is -0.171. The third-order valence-corrected chi connectivity index (χ3v) is 6.43. The van der Waals surface area contributed by atoms with Gasteiger partial charge in [-0.05, 0) is 23.3 Å². The molecule has 15 heteroatoms. The minimum atomic E-state index is -6.72. The molecule has 0 spiro atoms. The summed E-state index contributed by atoms with van der Waals surface area (Å²) in [5.74, 6) is -22.4. The van der Waals surface area contributed by atoms with Gasteiger partial charge in [-0.15, -0.1) is 0 Å². The molecule has 3 aromatic carbocycles. The maximum atomic E-state index is 14.7. The Morgan fingerprint density at radius 3 is 1.91 bits per heavy atom. The number of nitrogens with zero attached hydrogens (tertiary/aromatic N) is 1. The normalized spacial score (nSPS) is 12.5. The number of benzene rings is 3. The van der Waals surface area contributed by atoms with Crippen LogP contribution in [0.3, 0.4) is 0 Å². The lowest BCUT2D eigenvalue weighted by molar-refractivity contribution is -0.431. The zero-order valence-corrected chi connectivity index (χ0v) is 23.5. The molecule has 0 saturated heterocycles. The van der Waals surface area contributed by atoms with Crippen molar-refractivity contribution < 1.29 is 58.9 Å². The number of carbonyl (C=O) groups excluding carboxylic acids is 2. The fourth-order valence-corrected chi connectivity index (χ4v) is 3.90. The highest BCUT2D eigenvalue weighted by Crippen LogP contribution is 2.53. The molecule has 1 amide bonds. The number of halogens is 8. The molecule has 1 heterocycles. The molecule has 0 aliphatic heterocycles. The van der Waals surface area contributed by atoms with E-state index >= 15 is 0 Å². The van der Waals surface area contributed by atoms with E-state index in [-0.39, 0.29) is 23.1 Å². The van der Waals surface area contributed by atoms with Crippen LogP contribution in [0.5, 0.6) is 5.75 Å². The van der Waals surface area contributed by atoms with Crippen molar-refractivity contribution in [1.82, 2.24) is 10.3 Å². The fraction of sp³-hybridized carbons (Fsp3) is 0.258. The number of hydrogen-bond acceptors (Lipinski definition) is 6. The molecule has 0 aliphatic rings. The summed E-state index contributed by atoms with van der Waals surface area (Å²) >= 11 is 0. The average molecular weight is 657 g/mol. The number of esters is 1. The molecule has 7 nitrogen and oxygen atoms in total. The maximum Gasteiger partial charge on any atom is 0.426 e. The van der Waals surface area contributed by atoms with E-state index in [0.717, 1.165) is 18.2 Å². The number of amides is 1. The molecule has 0 unspecified atom stereocenters. The number of pyridine rings is 1. The highest BCUT2D eigenvalue weighted by atomic mass is 19.4. The third kappa shape index (κ3) is 7.53. The van der Waals surface area contributed by atoms with E-state index in [1.54, 1.807) is 30.3 Å². The quantitative estimate of drug-likeness (QED) is 0.119. The van der Waals surface area contributed by atoms with Gasteiger partial charge in [0.15, 0.2) is 18.1 Å². The van der Waals surface area contributed by atoms with E-state index in [4.69, 9.17) is 4.74 Å². The average Bonchev–Trinajstić information content (AvgIpc) is 3.04. The van der Waals surface area contributed by atoms with Crippen LogP contribution in [0.15, 0.2) is 91.0 Å². The van der Waals surface area contributed by atoms with Crippen molar-refractivity contribution in [2.45, 2.75) is 37.1 Å². The standard InChI is InChI=1S/C31H24F8N2O5/c32-28(33,29(34,35)30(36,37)31(38,39)46-18-21-11-5-2-6-12-21)19-45-24-15-22-13-7-8-14-23(22)41-26(24)27(43)40-16-25(42)44-17-20-9-3-1-4-10-20/h1-15H,16-19H2,(H,40,43). The Morgan fingerprint density at radius 2 is 1.28 bits per heavy atom. The van der Waals surface area contributed by atoms with Crippen molar-refractivity contribution in [3.63, 3.8) is 0 Å². The molecular formula is C31H24F8N2O5. The predicted octanol–water partition coefficient (Wildman–Crippen LogP) is 6.80. The first kappa shape index (κ1) is 34.1. The molecule has 46 heavy (non-hydrogen) atoms. The van der Waals surface area contributed by atoms with Gasteiger partial charge in [0.25, 0.3) is 5.91 Å². The SMILES string of the molecule is O=C(CNC(=O)c1nc2ccccc2cc1OCC(F)(F)C(F)(F)C(F)(F)C(F)(F)OCc1ccccc1)OCc1ccccc1. The predicted molar refractivity (Wildman–Crippen MR) is 147 cm³/mol. The molecular weight excluding hydrogens is 632 g/mol. The highest BCUT2D eigenvalue weighted by Gasteiger charge is 2.81. The molecule has 0 bridgehead atoms. The summed E-state index contributed by atoms with van der Waals surface area (Å²) in [6.07, 6.45) is -6.04. The lowest BCUT2D eigenvalue weighted by Gasteiger charge is -2.36. The molecule has 1 N–H and O–H groups in total. The Morgan fingerprint density at radius 1 is 0.717 bits per heavy atom. The van der Waals surface area contributed by atoms with E-state index in [0.29, 0.717) is 5.56 Å². The number of ether oxygens (including phenoxy) is 3. The number of aromatic nitrogens is 1. The minimum absolute atomic E-state index is 0.102. The van der Waals surface area contributed by atoms with Crippen LogP contribution in [0.2, 0.25) is 0 Å². The van der Waals surface area contributed by atoms with E-state index < -0.39 is 67.0 Å². The Hall–Kier alpha value is -4.79. The summed E-state index contributed by atoms with van der Waals surface area (Å²) < 4.78 is 129. The highest BCUT2D eigenvalue weighted by molar-refractivity contribution is 5.99. The van der Waals surface area contributed by atoms with Gasteiger partial charge in [0, 0.05) is 5.39 Å². The first-order valence-electron chi connectivity index (χ1n) is 13.3. The monoisotopic (exact) mass is 656 g/mol. The van der Waals surface area contributed by atoms with Crippen LogP contribution >= 0.6 is 0 Å². The van der Waals surface area contributed by atoms with Crippen LogP contribution in [0.25, 0.3) is 10.9 Å². The van der Waals surface area contributed by atoms with Crippen molar-refractivity contribution in [2.24, 2.45) is 0 Å². The molecule has 0 atom stereocenters. The van der Waals surface area contributed by atoms with Gasteiger partial charge in [-0.3, -0.25) is 9.59 Å². The Balaban J connectivity index is 1.49. The lowest BCUT2D eigenvalue weighted by atomic mass is 10.0. The zero-order valence-electron chi connectivity index (χ0n) is 23.5. The number of para-hydroxylation sites is 1. The van der Waals surface area contributed by atoms with Gasteiger partial charge in [0.05, 0.1) is 12.1 Å². The smallest absolute Gasteiger partial charge is 0.426 e. The van der Waals surface area contributed by atoms with Gasteiger partial charge in [0.1, 0.15) is 13.2 Å². The Kier molecular flexibility index (Phi) is 10.1. The van der Waals surface area contributed by atoms with Gasteiger partial charge in [0.2, 0.25) is 0 Å². The van der Waals surface area contributed by atoms with Crippen LogP contribution in [0.1, 0.15) is 21.6 Å². The van der Waals surface area contributed by atoms with Crippen molar-refractivity contribution in [1.29, 1.82) is 0 Å². The van der Waals surface area contributed by atoms with Crippen molar-refractivity contribution in [3.8, 4) is 5.75 Å². The first-order chi connectivity index (χ1) is 21.6. The number of carbonyl (C=O) groups is 2. The second-order valence-corrected chi connectivity index (χ2v) is 9.79. The van der Waals surface area contributed by atoms with Gasteiger partial charge in [-0.25, -0.2) is 4.98 Å². The number of nitrogens with one attached hydrogen (secondary N) is 1. The molecule has 0 aliphatic carbocycles. The Bertz CT molecular complexity index is 1660. The van der Waals surface area contributed by atoms with E-state index in [1.165, 1.54) is 42.5 Å². The van der Waals surface area contributed by atoms with Gasteiger partial charge in [-0.2, -0.15) is 35.1 Å². The van der Waals surface area contributed by atoms with Crippen molar-refractivity contribution in [3.05, 3.63) is 108 Å². The fourth-order valence-electron chi connectivity index (χ4n) is 3.90. The molecule has 4 rings (SSSR count). The van der Waals surface area contributed by atoms with Crippen LogP contribution < -0.4 is 10.1 Å². The lowest BCUT2D eigenvalue weighted by Crippen LogP contribution is -2.64. The summed E-state index contributed by atoms with van der Waals surface area (Å²) in [7, 11) is 0. The zero-order chi connectivity index (χ0) is 33.6. The topological polar surface area (TPSA) is 86.8 Å². The molecule has 0 radical (unpaired) electrons. The third-order valence-electron chi connectivity index (χ3n) is 6.43. The molecule has 244 valence electrons. The van der Waals surface area contributed by atoms with Gasteiger partial charge in [-0.1, -0.05) is 78.9 Å². The molecule has 0 saturated carbocycles. The van der Waals surface area contributed by atoms with Crippen LogP contribution in [-0.2, 0) is 27.5 Å². The number of fused-ring (bicyclic) bond motifs is 1. The maximum absolute atomic E-state index is 14.7. The van der Waals surface area contributed by atoms with Gasteiger partial charge >= 0.3 is 29.8 Å². The Labute approximate surface area is 256 Å². The van der Waals surface area contributed by atoms with Crippen LogP contribution in [0, 0.1) is 0 Å². The summed E-state index contributed by atoms with van der Waals surface area (Å²) in [4.78, 5) is 28.9. The van der Waals surface area contributed by atoms with E-state index in [1.807, 2.05) is 0 Å². The number of alkyl halides is 8. The van der Waals surface area contributed by atoms with Crippen LogP contribution in [-0.4, -0.2) is 53.9 Å². The van der Waals surface area contributed by atoms with Crippen LogP contribution in [0.4, 0.5) is 35.1 Å². The van der Waals surface area contributed by atoms with E-state index in [2.05, 4.69) is 19.8 Å². The summed E-state index contributed by atoms with van der Waals surface area (Å²) in [6, 6.07) is 21.6.